The Morgan fingerprint density at radius 3 is 2.80 bits per heavy atom. The monoisotopic (exact) mass is 214 g/mol. The second kappa shape index (κ2) is 4.45. The molecule has 82 valence electrons. The second-order valence-electron chi connectivity index (χ2n) is 2.77. The van der Waals surface area contributed by atoms with Gasteiger partial charge in [-0.1, -0.05) is 0 Å². The molecular weight excluding hydrogens is 204 g/mol. The summed E-state index contributed by atoms with van der Waals surface area (Å²) >= 11 is 0. The molecule has 7 heteroatoms. The van der Waals surface area contributed by atoms with Crippen LogP contribution in [-0.4, -0.2) is 35.3 Å². The first-order valence-corrected chi connectivity index (χ1v) is 4.09. The molecule has 0 saturated heterocycles. The van der Waals surface area contributed by atoms with Crippen LogP contribution in [0.25, 0.3) is 0 Å². The van der Waals surface area contributed by atoms with Gasteiger partial charge in [-0.2, -0.15) is 0 Å². The molecule has 1 aromatic heterocycles. The van der Waals surface area contributed by atoms with Gasteiger partial charge in [-0.25, -0.2) is 0 Å². The summed E-state index contributed by atoms with van der Waals surface area (Å²) in [6.45, 7) is 1.34. The molecule has 0 saturated carbocycles. The number of rotatable bonds is 4. The van der Waals surface area contributed by atoms with Gasteiger partial charge in [0, 0.05) is 0 Å². The van der Waals surface area contributed by atoms with Gasteiger partial charge in [0.25, 0.3) is 11.8 Å². The van der Waals surface area contributed by atoms with Gasteiger partial charge < -0.3 is 19.7 Å². The molecule has 15 heavy (non-hydrogen) atoms. The Bertz CT molecular complexity index is 373. The third-order valence-corrected chi connectivity index (χ3v) is 1.64. The van der Waals surface area contributed by atoms with Gasteiger partial charge in [0.1, 0.15) is 6.04 Å². The number of methoxy groups -OCH3 is 1. The van der Waals surface area contributed by atoms with E-state index in [-0.39, 0.29) is 11.6 Å². The minimum atomic E-state index is -1.13. The van der Waals surface area contributed by atoms with Gasteiger partial charge in [0.15, 0.2) is 0 Å². The zero-order chi connectivity index (χ0) is 11.4. The average molecular weight is 214 g/mol. The van der Waals surface area contributed by atoms with Crippen LogP contribution in [-0.2, 0) is 4.79 Å². The third-order valence-electron chi connectivity index (χ3n) is 1.64. The predicted molar refractivity (Wildman–Crippen MR) is 47.6 cm³/mol. The van der Waals surface area contributed by atoms with E-state index in [1.807, 2.05) is 0 Å². The normalized spacial score (nSPS) is 11.9. The maximum Gasteiger partial charge on any atom is 0.325 e. The van der Waals surface area contributed by atoms with Gasteiger partial charge >= 0.3 is 5.97 Å². The molecule has 0 bridgehead atoms. The van der Waals surface area contributed by atoms with Crippen LogP contribution < -0.4 is 10.1 Å². The molecule has 0 fully saturated rings. The predicted octanol–water partition coefficient (Wildman–Crippen LogP) is -0.114. The molecule has 7 nitrogen and oxygen atoms in total. The van der Waals surface area contributed by atoms with Crippen LogP contribution in [0, 0.1) is 0 Å². The van der Waals surface area contributed by atoms with Crippen LogP contribution in [0.5, 0.6) is 5.88 Å². The Morgan fingerprint density at radius 1 is 1.67 bits per heavy atom. The van der Waals surface area contributed by atoms with E-state index in [1.54, 1.807) is 0 Å². The zero-order valence-electron chi connectivity index (χ0n) is 8.18. The van der Waals surface area contributed by atoms with Gasteiger partial charge in [-0.3, -0.25) is 9.59 Å². The van der Waals surface area contributed by atoms with E-state index >= 15 is 0 Å². The Labute approximate surface area is 85.0 Å². The zero-order valence-corrected chi connectivity index (χ0v) is 8.18. The fourth-order valence-corrected chi connectivity index (χ4v) is 0.792. The fraction of sp³-hybridized carbons (Fsp3) is 0.375. The number of carbonyl (C=O) groups is 2. The molecule has 0 radical (unpaired) electrons. The van der Waals surface area contributed by atoms with E-state index in [4.69, 9.17) is 9.84 Å². The van der Waals surface area contributed by atoms with E-state index in [0.717, 1.165) is 0 Å². The second-order valence-corrected chi connectivity index (χ2v) is 2.77. The van der Waals surface area contributed by atoms with E-state index in [2.05, 4.69) is 15.0 Å². The lowest BCUT2D eigenvalue weighted by molar-refractivity contribution is -0.138. The molecule has 2 N–H and O–H groups in total. The highest BCUT2D eigenvalue weighted by Gasteiger charge is 2.18. The molecule has 0 aliphatic heterocycles. The summed E-state index contributed by atoms with van der Waals surface area (Å²) in [5, 5.41) is 14.2. The van der Waals surface area contributed by atoms with Crippen molar-refractivity contribution in [2.75, 3.05) is 7.11 Å². The van der Waals surface area contributed by atoms with Crippen molar-refractivity contribution in [3.8, 4) is 5.88 Å². The lowest BCUT2D eigenvalue weighted by Crippen LogP contribution is -2.38. The highest BCUT2D eigenvalue weighted by Crippen LogP contribution is 2.10. The summed E-state index contributed by atoms with van der Waals surface area (Å²) in [5.74, 6) is -1.72. The van der Waals surface area contributed by atoms with Crippen molar-refractivity contribution in [2.24, 2.45) is 0 Å². The largest absolute Gasteiger partial charge is 0.480 e. The first-order valence-electron chi connectivity index (χ1n) is 4.09. The van der Waals surface area contributed by atoms with Crippen LogP contribution in [0.3, 0.4) is 0 Å². The summed E-state index contributed by atoms with van der Waals surface area (Å²) in [6, 6.07) is 0.276. The summed E-state index contributed by atoms with van der Waals surface area (Å²) < 4.78 is 9.31. The van der Waals surface area contributed by atoms with Crippen molar-refractivity contribution in [2.45, 2.75) is 13.0 Å². The number of nitrogens with one attached hydrogen (secondary N) is 1. The Balaban J connectivity index is 2.65. The van der Waals surface area contributed by atoms with E-state index < -0.39 is 17.9 Å². The molecule has 1 amide bonds. The van der Waals surface area contributed by atoms with Crippen LogP contribution in [0.15, 0.2) is 10.6 Å². The van der Waals surface area contributed by atoms with Crippen molar-refractivity contribution < 1.29 is 24.0 Å². The summed E-state index contributed by atoms with van der Waals surface area (Å²) in [7, 11) is 1.37. The highest BCUT2D eigenvalue weighted by atomic mass is 16.5. The first kappa shape index (κ1) is 11.0. The van der Waals surface area contributed by atoms with Crippen molar-refractivity contribution >= 4 is 11.9 Å². The standard InChI is InChI=1S/C8H10N2O5/c1-4(8(12)13)9-7(11)5-3-6(14-2)10-15-5/h3-4H,1-2H3,(H,9,11)(H,12,13). The number of hydrogen-bond donors (Lipinski definition) is 2. The molecule has 0 aliphatic carbocycles. The number of carbonyl (C=O) groups excluding carboxylic acids is 1. The third kappa shape index (κ3) is 2.70. The Hall–Kier alpha value is -2.05. The summed E-state index contributed by atoms with van der Waals surface area (Å²) in [6.07, 6.45) is 0. The quantitative estimate of drug-likeness (QED) is 0.724. The number of carboxylic acid groups (broad SMARTS) is 1. The Kier molecular flexibility index (Phi) is 3.27. The van der Waals surface area contributed by atoms with Gasteiger partial charge in [-0.05, 0) is 12.1 Å². The lowest BCUT2D eigenvalue weighted by atomic mass is 10.3. The van der Waals surface area contributed by atoms with Crippen molar-refractivity contribution in [1.82, 2.24) is 10.5 Å². The molecule has 1 atom stereocenters. The summed E-state index contributed by atoms with van der Waals surface area (Å²) in [5.41, 5.74) is 0. The van der Waals surface area contributed by atoms with Crippen LogP contribution in [0.2, 0.25) is 0 Å². The van der Waals surface area contributed by atoms with E-state index in [0.29, 0.717) is 0 Å². The average Bonchev–Trinajstić information content (AvgIpc) is 2.65. The van der Waals surface area contributed by atoms with Crippen LogP contribution >= 0.6 is 0 Å². The van der Waals surface area contributed by atoms with Gasteiger partial charge in [0.05, 0.1) is 13.2 Å². The number of aromatic nitrogens is 1. The van der Waals surface area contributed by atoms with Gasteiger partial charge in [-0.15, -0.1) is 0 Å². The number of hydrogen-bond acceptors (Lipinski definition) is 5. The first-order chi connectivity index (χ1) is 7.04. The summed E-state index contributed by atoms with van der Waals surface area (Å²) in [4.78, 5) is 21.8. The van der Waals surface area contributed by atoms with E-state index in [1.165, 1.54) is 20.1 Å². The molecule has 0 spiro atoms. The van der Waals surface area contributed by atoms with Crippen LogP contribution in [0.1, 0.15) is 17.5 Å². The number of ether oxygens (including phenoxy) is 1. The molecule has 0 aliphatic rings. The lowest BCUT2D eigenvalue weighted by Gasteiger charge is -2.05. The fourth-order valence-electron chi connectivity index (χ4n) is 0.792. The molecule has 1 rings (SSSR count). The van der Waals surface area contributed by atoms with Crippen molar-refractivity contribution in [1.29, 1.82) is 0 Å². The van der Waals surface area contributed by atoms with Crippen molar-refractivity contribution in [3.63, 3.8) is 0 Å². The molecule has 1 heterocycles. The highest BCUT2D eigenvalue weighted by molar-refractivity contribution is 5.94. The maximum absolute atomic E-state index is 11.3. The molecule has 1 unspecified atom stereocenters. The maximum atomic E-state index is 11.3. The molecule has 1 aromatic rings. The number of amides is 1. The number of aliphatic carboxylic acids is 1. The van der Waals surface area contributed by atoms with Crippen LogP contribution in [0.4, 0.5) is 0 Å². The minimum absolute atomic E-state index is 0.0973. The minimum Gasteiger partial charge on any atom is -0.480 e. The topological polar surface area (TPSA) is 102 Å². The Morgan fingerprint density at radius 2 is 2.33 bits per heavy atom. The van der Waals surface area contributed by atoms with Crippen molar-refractivity contribution in [3.05, 3.63) is 11.8 Å². The number of carboxylic acids is 1. The number of nitrogens with zero attached hydrogens (tertiary/aromatic N) is 1. The van der Waals surface area contributed by atoms with Gasteiger partial charge in [0.2, 0.25) is 5.76 Å². The molecule has 0 aromatic carbocycles. The van der Waals surface area contributed by atoms with E-state index in [9.17, 15) is 9.59 Å². The molecular formula is C8H10N2O5. The SMILES string of the molecule is COc1cc(C(=O)NC(C)C(=O)O)on1. The smallest absolute Gasteiger partial charge is 0.325 e.